The molecule has 0 radical (unpaired) electrons. The Balaban J connectivity index is 0.000000181. The fourth-order valence-electron chi connectivity index (χ4n) is 5.64. The molecule has 3 aromatic rings. The summed E-state index contributed by atoms with van der Waals surface area (Å²) in [7, 11) is -1.08. The van der Waals surface area contributed by atoms with E-state index in [9.17, 15) is 0 Å². The summed E-state index contributed by atoms with van der Waals surface area (Å²) in [6.45, 7) is 11.5. The van der Waals surface area contributed by atoms with Crippen molar-refractivity contribution in [3.8, 4) is 11.1 Å². The van der Waals surface area contributed by atoms with Gasteiger partial charge in [0.25, 0.3) is 0 Å². The van der Waals surface area contributed by atoms with E-state index in [1.54, 1.807) is 35.5 Å². The minimum absolute atomic E-state index is 0. The van der Waals surface area contributed by atoms with Crippen molar-refractivity contribution in [3.05, 3.63) is 94.0 Å². The number of rotatable bonds is 1. The summed E-state index contributed by atoms with van der Waals surface area (Å²) in [5.74, 6) is 1.22. The van der Waals surface area contributed by atoms with E-state index in [2.05, 4.69) is 88.5 Å². The Morgan fingerprint density at radius 2 is 1.56 bits per heavy atom. The molecule has 0 fully saturated rings. The van der Waals surface area contributed by atoms with Gasteiger partial charge in [0.05, 0.1) is 14.3 Å². The molecule has 2 unspecified atom stereocenters. The molecular weight excluding hydrogens is 531 g/mol. The third kappa shape index (κ3) is 3.80. The average Bonchev–Trinajstić information content (AvgIpc) is 3.40. The summed E-state index contributed by atoms with van der Waals surface area (Å²) in [6.07, 6.45) is 4.19. The molecule has 4 aliphatic rings. The van der Waals surface area contributed by atoms with Crippen LogP contribution in [0.15, 0.2) is 70.4 Å². The van der Waals surface area contributed by atoms with E-state index in [1.165, 1.54) is 44.7 Å². The summed E-state index contributed by atoms with van der Waals surface area (Å²) >= 11 is 1.59. The van der Waals surface area contributed by atoms with E-state index in [0.29, 0.717) is 3.63 Å². The molecule has 3 heterocycles. The van der Waals surface area contributed by atoms with Crippen LogP contribution in [0.4, 0.5) is 0 Å². The van der Waals surface area contributed by atoms with Gasteiger partial charge in [0, 0.05) is 11.1 Å². The number of halogens is 2. The van der Waals surface area contributed by atoms with Crippen LogP contribution in [0.5, 0.6) is 0 Å². The number of furan rings is 1. The van der Waals surface area contributed by atoms with Crippen molar-refractivity contribution >= 4 is 19.3 Å². The summed E-state index contributed by atoms with van der Waals surface area (Å²) in [4.78, 5) is 0. The molecule has 163 valence electrons. The van der Waals surface area contributed by atoms with Crippen LogP contribution in [0.3, 0.4) is 0 Å². The van der Waals surface area contributed by atoms with Crippen molar-refractivity contribution in [1.82, 2.24) is 0 Å². The monoisotopic (exact) mass is 555 g/mol. The first-order chi connectivity index (χ1) is 14.3. The molecule has 1 nitrogen and oxygen atoms in total. The molecule has 32 heavy (non-hydrogen) atoms. The molecule has 2 bridgehead atoms. The summed E-state index contributed by atoms with van der Waals surface area (Å²) in [6, 6.07) is 17.7. The first kappa shape index (κ1) is 25.5. The first-order valence-electron chi connectivity index (χ1n) is 10.7. The summed E-state index contributed by atoms with van der Waals surface area (Å²) in [5, 5.41) is 1.59. The molecule has 2 aliphatic carbocycles. The van der Waals surface area contributed by atoms with Crippen LogP contribution in [-0.2, 0) is 24.7 Å². The number of allylic oxidation sites excluding steroid dienone is 2. The van der Waals surface area contributed by atoms with Crippen LogP contribution in [-0.4, -0.2) is 8.07 Å². The number of hydrogen-bond acceptors (Lipinski definition) is 1. The average molecular weight is 558 g/mol. The van der Waals surface area contributed by atoms with E-state index in [1.807, 2.05) is 6.26 Å². The molecule has 5 heteroatoms. The van der Waals surface area contributed by atoms with Crippen molar-refractivity contribution in [1.29, 1.82) is 0 Å². The van der Waals surface area contributed by atoms with Gasteiger partial charge >= 0.3 is 124 Å². The molecule has 0 N–H and O–H groups in total. The number of fused-ring (bicyclic) bond motifs is 1. The molecule has 2 atom stereocenters. The van der Waals surface area contributed by atoms with Gasteiger partial charge in [-0.15, -0.1) is 0 Å². The Labute approximate surface area is 220 Å². The predicted molar refractivity (Wildman–Crippen MR) is 125 cm³/mol. The standard InChI is InChI=1S/C17H15.C10H12OSi.2ClH.Zr/c1-12-6-8-14(9-7-12)16-5-3-4-15-10-13(2)11-17(15)16;1-6-9-7-4-5-11-8(7)10(6)12(9,2)3;;;/h3-11H,1-2H3;4-5,9H,1-3H3;2*1H;/q;;;;+2/p-2. The second kappa shape index (κ2) is 9.26. The molecule has 7 rings (SSSR count). The zero-order valence-electron chi connectivity index (χ0n) is 19.1. The maximum absolute atomic E-state index is 5.51. The molecule has 1 aromatic heterocycles. The molecule has 2 aliphatic heterocycles. The summed E-state index contributed by atoms with van der Waals surface area (Å²) in [5.41, 5.74) is 12.3. The maximum atomic E-state index is 5.51. The van der Waals surface area contributed by atoms with Crippen LogP contribution >= 0.6 is 0 Å². The van der Waals surface area contributed by atoms with E-state index >= 15 is 0 Å². The van der Waals surface area contributed by atoms with E-state index in [0.717, 1.165) is 5.54 Å². The number of aryl methyl sites for hydroxylation is 1. The van der Waals surface area contributed by atoms with Gasteiger partial charge in [-0.05, 0) is 18.2 Å². The minimum atomic E-state index is -1.08. The van der Waals surface area contributed by atoms with Gasteiger partial charge < -0.3 is 29.2 Å². The van der Waals surface area contributed by atoms with Gasteiger partial charge in [-0.3, -0.25) is 0 Å². The van der Waals surface area contributed by atoms with E-state index in [4.69, 9.17) is 4.42 Å². The Kier molecular flexibility index (Phi) is 7.38. The van der Waals surface area contributed by atoms with Gasteiger partial charge in [-0.2, -0.15) is 0 Å². The fraction of sp³-hybridized carbons (Fsp3) is 0.259. The third-order valence-electron chi connectivity index (χ3n) is 7.07. The minimum Gasteiger partial charge on any atom is -1.00 e. The van der Waals surface area contributed by atoms with Crippen LogP contribution in [0.2, 0.25) is 13.1 Å². The number of hydrogen-bond donors (Lipinski definition) is 0. The topological polar surface area (TPSA) is 13.1 Å². The quantitative estimate of drug-likeness (QED) is 0.415. The van der Waals surface area contributed by atoms with Gasteiger partial charge in [0.2, 0.25) is 0 Å². The first-order valence-corrected chi connectivity index (χ1v) is 15.2. The smallest absolute Gasteiger partial charge is 1.00 e. The largest absolute Gasteiger partial charge is 1.00 e. The molecule has 0 saturated heterocycles. The Bertz CT molecular complexity index is 1220. The van der Waals surface area contributed by atoms with Crippen molar-refractivity contribution in [2.45, 2.75) is 43.0 Å². The third-order valence-corrected chi connectivity index (χ3v) is 13.0. The van der Waals surface area contributed by atoms with Crippen molar-refractivity contribution < 1.29 is 54.0 Å². The van der Waals surface area contributed by atoms with Gasteiger partial charge in [0.15, 0.2) is 0 Å². The summed E-state index contributed by atoms with van der Waals surface area (Å²) < 4.78 is 6.16. The number of benzene rings is 2. The Hall–Kier alpha value is -1.12. The molecule has 0 amide bonds. The Morgan fingerprint density at radius 1 is 0.875 bits per heavy atom. The van der Waals surface area contributed by atoms with Crippen LogP contribution in [0, 0.1) is 6.92 Å². The van der Waals surface area contributed by atoms with Crippen LogP contribution in [0.1, 0.15) is 51.0 Å². The predicted octanol–water partition coefficient (Wildman–Crippen LogP) is 1.63. The zero-order valence-corrected chi connectivity index (χ0v) is 24.1. The fourth-order valence-corrected chi connectivity index (χ4v) is 10.7. The van der Waals surface area contributed by atoms with Crippen molar-refractivity contribution in [2.24, 2.45) is 0 Å². The SMILES string of the molecule is CC1=C2c3occc3C1[Si]2(C)C.CC1=Cc2c(-c3ccc(C)cc3)cccc2[CH]1[Zr+2].[Cl-].[Cl-]. The molecule has 2 aromatic carbocycles. The Morgan fingerprint density at radius 3 is 2.19 bits per heavy atom. The van der Waals surface area contributed by atoms with Gasteiger partial charge in [-0.25, -0.2) is 0 Å². The normalized spacial score (nSPS) is 20.7. The molecule has 0 spiro atoms. The van der Waals surface area contributed by atoms with Crippen molar-refractivity contribution in [3.63, 3.8) is 0 Å². The second-order valence-electron chi connectivity index (χ2n) is 9.41. The van der Waals surface area contributed by atoms with Crippen LogP contribution < -0.4 is 24.8 Å². The van der Waals surface area contributed by atoms with Crippen molar-refractivity contribution in [2.75, 3.05) is 0 Å². The van der Waals surface area contributed by atoms with Gasteiger partial charge in [0.1, 0.15) is 5.76 Å². The zero-order chi connectivity index (χ0) is 21.2. The van der Waals surface area contributed by atoms with E-state index in [-0.39, 0.29) is 24.8 Å². The molecular formula is C27H27Cl2OSiZr. The molecule has 0 saturated carbocycles. The van der Waals surface area contributed by atoms with Crippen LogP contribution in [0.25, 0.3) is 22.4 Å². The second-order valence-corrected chi connectivity index (χ2v) is 15.4. The van der Waals surface area contributed by atoms with E-state index < -0.39 is 8.07 Å². The van der Waals surface area contributed by atoms with Gasteiger partial charge in [-0.1, -0.05) is 18.7 Å². The maximum Gasteiger partial charge on any atom is -1.00 e.